The van der Waals surface area contributed by atoms with Gasteiger partial charge in [0.1, 0.15) is 18.3 Å². The van der Waals surface area contributed by atoms with E-state index in [9.17, 15) is 10.4 Å². The monoisotopic (exact) mass is 246 g/mol. The van der Waals surface area contributed by atoms with E-state index < -0.39 is 4.90 Å². The van der Waals surface area contributed by atoms with Crippen LogP contribution in [-0.4, -0.2) is 35.7 Å². The smallest absolute Gasteiger partial charge is 0.248 e. The average Bonchev–Trinajstić information content (AvgIpc) is 2.98. The number of H-pyrrole nitrogens is 1. The molecular weight excluding hydrogens is 238 g/mol. The highest BCUT2D eigenvalue weighted by Crippen LogP contribution is 2.23. The van der Waals surface area contributed by atoms with Crippen molar-refractivity contribution in [2.75, 3.05) is 5.43 Å². The van der Waals surface area contributed by atoms with Gasteiger partial charge in [0, 0.05) is 11.6 Å². The fourth-order valence-electron chi connectivity index (χ4n) is 1.80. The summed E-state index contributed by atoms with van der Waals surface area (Å²) >= 11 is 0. The molecule has 1 aliphatic rings. The van der Waals surface area contributed by atoms with Crippen LogP contribution in [0.1, 0.15) is 17.3 Å². The second-order valence-electron chi connectivity index (χ2n) is 3.68. The van der Waals surface area contributed by atoms with Crippen molar-refractivity contribution in [3.63, 3.8) is 0 Å². The lowest BCUT2D eigenvalue weighted by Gasteiger charge is -2.20. The first kappa shape index (κ1) is 10.3. The van der Waals surface area contributed by atoms with Crippen molar-refractivity contribution in [2.24, 2.45) is 0 Å². The van der Waals surface area contributed by atoms with E-state index in [4.69, 9.17) is 0 Å². The molecule has 2 N–H and O–H groups in total. The predicted molar refractivity (Wildman–Crippen MR) is 61.0 cm³/mol. The summed E-state index contributed by atoms with van der Waals surface area (Å²) in [5.41, 5.74) is 4.19. The summed E-state index contributed by atoms with van der Waals surface area (Å²) in [6, 6.07) is -0.224. The fourth-order valence-corrected chi connectivity index (χ4v) is 1.80. The van der Waals surface area contributed by atoms with Crippen LogP contribution >= 0.6 is 0 Å². The van der Waals surface area contributed by atoms with Gasteiger partial charge in [0.2, 0.25) is 5.71 Å². The maximum absolute atomic E-state index is 10.9. The highest BCUT2D eigenvalue weighted by Gasteiger charge is 2.25. The molecule has 0 aliphatic heterocycles. The van der Waals surface area contributed by atoms with E-state index in [0.29, 0.717) is 11.3 Å². The minimum absolute atomic E-state index is 0.00399. The quantitative estimate of drug-likeness (QED) is 0.552. The van der Waals surface area contributed by atoms with Crippen molar-refractivity contribution >= 4 is 5.71 Å². The van der Waals surface area contributed by atoms with Gasteiger partial charge in [-0.2, -0.15) is 10.0 Å². The van der Waals surface area contributed by atoms with Gasteiger partial charge in [0.15, 0.2) is 0 Å². The van der Waals surface area contributed by atoms with E-state index in [2.05, 4.69) is 25.8 Å². The molecule has 0 aromatic carbocycles. The van der Waals surface area contributed by atoms with Gasteiger partial charge in [-0.25, -0.2) is 4.68 Å². The lowest BCUT2D eigenvalue weighted by atomic mass is 9.99. The Morgan fingerprint density at radius 3 is 2.83 bits per heavy atom. The van der Waals surface area contributed by atoms with E-state index in [1.807, 2.05) is 0 Å². The molecule has 9 heteroatoms. The Bertz CT molecular complexity index is 609. The first-order valence-corrected chi connectivity index (χ1v) is 5.10. The van der Waals surface area contributed by atoms with Gasteiger partial charge >= 0.3 is 0 Å². The third-order valence-electron chi connectivity index (χ3n) is 2.61. The summed E-state index contributed by atoms with van der Waals surface area (Å²) in [4.78, 5) is -0.442. The Hall–Kier alpha value is -2.84. The van der Waals surface area contributed by atoms with Gasteiger partial charge in [0.25, 0.3) is 0 Å². The summed E-state index contributed by atoms with van der Waals surface area (Å²) in [6.45, 7) is 0. The molecule has 1 atom stereocenters. The molecule has 0 saturated heterocycles. The number of hydrogen-bond donors (Lipinski definition) is 2. The Labute approximate surface area is 101 Å². The standard InChI is InChI=1S/C9H8N7O2/c17-16(18)8-2-1-7(6-3-10-13-9(6)8)14-15-4-11-12-5-15/h1-5,7,14H,(H-,10,13,17,18)/q-1. The highest BCUT2D eigenvalue weighted by molar-refractivity contribution is 6.06. The Balaban J connectivity index is 1.97. The van der Waals surface area contributed by atoms with Crippen molar-refractivity contribution in [3.8, 4) is 0 Å². The highest BCUT2D eigenvalue weighted by atomic mass is 16.8. The topological polar surface area (TPSA) is 121 Å². The van der Waals surface area contributed by atoms with E-state index in [1.54, 1.807) is 16.9 Å². The molecule has 18 heavy (non-hydrogen) atoms. The normalized spacial score (nSPS) is 17.6. The minimum atomic E-state index is -0.442. The number of nitrogens with one attached hydrogen (secondary N) is 2. The molecule has 2 aromatic heterocycles. The fraction of sp³-hybridized carbons (Fsp3) is 0.111. The molecular formula is C9H8N7O2-. The van der Waals surface area contributed by atoms with Crippen molar-refractivity contribution in [1.82, 2.24) is 25.1 Å². The minimum Gasteiger partial charge on any atom is -0.612 e. The van der Waals surface area contributed by atoms with E-state index in [-0.39, 0.29) is 11.8 Å². The molecule has 9 nitrogen and oxygen atoms in total. The zero-order chi connectivity index (χ0) is 12.5. The second-order valence-corrected chi connectivity index (χ2v) is 3.68. The first-order chi connectivity index (χ1) is 8.75. The average molecular weight is 246 g/mol. The van der Waals surface area contributed by atoms with Gasteiger partial charge < -0.3 is 15.8 Å². The molecule has 0 saturated carbocycles. The third kappa shape index (κ3) is 1.57. The number of aromatic amines is 1. The number of aromatic nitrogens is 5. The summed E-state index contributed by atoms with van der Waals surface area (Å²) < 4.78 is 1.57. The van der Waals surface area contributed by atoms with Crippen LogP contribution in [0.15, 0.2) is 31.0 Å². The zero-order valence-electron chi connectivity index (χ0n) is 9.02. The van der Waals surface area contributed by atoms with E-state index >= 15 is 0 Å². The van der Waals surface area contributed by atoms with Crippen LogP contribution in [0.4, 0.5) is 0 Å². The van der Waals surface area contributed by atoms with Crippen LogP contribution in [0.3, 0.4) is 0 Å². The maximum atomic E-state index is 10.9. The van der Waals surface area contributed by atoms with Crippen LogP contribution < -0.4 is 5.43 Å². The van der Waals surface area contributed by atoms with Crippen LogP contribution in [0.25, 0.3) is 0 Å². The van der Waals surface area contributed by atoms with E-state index in [0.717, 1.165) is 0 Å². The molecule has 0 bridgehead atoms. The maximum Gasteiger partial charge on any atom is 0.248 e. The summed E-state index contributed by atoms with van der Waals surface area (Å²) in [5, 5.41) is 35.5. The lowest BCUT2D eigenvalue weighted by molar-refractivity contribution is -0.377. The third-order valence-corrected chi connectivity index (χ3v) is 2.61. The molecule has 3 rings (SSSR count). The number of fused-ring (bicyclic) bond motifs is 1. The Kier molecular flexibility index (Phi) is 2.22. The molecule has 1 aliphatic carbocycles. The molecule has 2 heterocycles. The first-order valence-electron chi connectivity index (χ1n) is 5.10. The lowest BCUT2D eigenvalue weighted by Crippen LogP contribution is -2.24. The number of rotatable bonds is 2. The Morgan fingerprint density at radius 2 is 2.11 bits per heavy atom. The molecule has 0 amide bonds. The van der Waals surface area contributed by atoms with Gasteiger partial charge in [0.05, 0.1) is 12.2 Å². The Morgan fingerprint density at radius 1 is 1.33 bits per heavy atom. The summed E-state index contributed by atoms with van der Waals surface area (Å²) in [5.74, 6) is 0. The number of hydrogen-bond acceptors (Lipinski definition) is 6. The van der Waals surface area contributed by atoms with Crippen molar-refractivity contribution in [2.45, 2.75) is 6.04 Å². The molecule has 92 valence electrons. The summed E-state index contributed by atoms with van der Waals surface area (Å²) in [7, 11) is 0. The van der Waals surface area contributed by atoms with E-state index in [1.165, 1.54) is 18.7 Å². The number of nitrogens with zero attached hydrogens (tertiary/aromatic N) is 5. The van der Waals surface area contributed by atoms with Gasteiger partial charge in [-0.3, -0.25) is 5.10 Å². The summed E-state index contributed by atoms with van der Waals surface area (Å²) in [6.07, 6.45) is 7.70. The largest absolute Gasteiger partial charge is 0.612 e. The van der Waals surface area contributed by atoms with Crippen molar-refractivity contribution < 1.29 is 4.90 Å². The molecule has 0 spiro atoms. The zero-order valence-corrected chi connectivity index (χ0v) is 9.02. The molecule has 0 radical (unpaired) electrons. The molecule has 0 fully saturated rings. The van der Waals surface area contributed by atoms with Crippen LogP contribution in [0, 0.1) is 10.4 Å². The van der Waals surface area contributed by atoms with Crippen LogP contribution in [0.2, 0.25) is 0 Å². The second kappa shape index (κ2) is 3.87. The molecule has 2 aromatic rings. The van der Waals surface area contributed by atoms with Crippen LogP contribution in [0.5, 0.6) is 0 Å². The van der Waals surface area contributed by atoms with Crippen molar-refractivity contribution in [3.05, 3.63) is 52.7 Å². The predicted octanol–water partition coefficient (Wildman–Crippen LogP) is -0.347. The van der Waals surface area contributed by atoms with Crippen LogP contribution in [-0.2, 0) is 0 Å². The molecule has 1 unspecified atom stereocenters. The SMILES string of the molecule is [O-][N+]([O-])=C1C=CC(Nn2cnnc2)c2cn[nH]c21. The van der Waals surface area contributed by atoms with Gasteiger partial charge in [-0.15, -0.1) is 10.2 Å². The number of allylic oxidation sites excluding steroid dienone is 1. The van der Waals surface area contributed by atoms with Gasteiger partial charge in [-0.05, 0) is 6.08 Å². The van der Waals surface area contributed by atoms with Gasteiger partial charge in [-0.1, -0.05) is 0 Å². The van der Waals surface area contributed by atoms with Crippen molar-refractivity contribution in [1.29, 1.82) is 0 Å².